The first-order valence-electron chi connectivity index (χ1n) is 25.3. The number of aromatic hydroxyl groups is 1. The average Bonchev–Trinajstić information content (AvgIpc) is 4.20. The number of phenols is 1. The fourth-order valence-electron chi connectivity index (χ4n) is 11.0. The molecule has 77 heavy (non-hydrogen) atoms. The van der Waals surface area contributed by atoms with Crippen LogP contribution in [0, 0.1) is 24.8 Å². The first-order chi connectivity index (χ1) is 36.5. The summed E-state index contributed by atoms with van der Waals surface area (Å²) in [6.45, 7) is 28.6. The first-order valence-corrected chi connectivity index (χ1v) is 25.3. The third-order valence-corrected chi connectivity index (χ3v) is 14.5. The number of nitrogens with one attached hydrogen (secondary N) is 4. The Morgan fingerprint density at radius 1 is 0.727 bits per heavy atom. The number of fused-ring (bicyclic) bond motifs is 2. The largest absolute Gasteiger partial charge is 0.506 e. The number of hydrogen-bond donors (Lipinski definition) is 5. The first kappa shape index (κ1) is 53.6. The molecule has 0 aliphatic carbocycles. The fraction of sp³-hybridized carbons (Fsp3) is 0.520. The number of rotatable bonds is 13. The number of benzene rings is 2. The molecule has 0 spiro atoms. The summed E-state index contributed by atoms with van der Waals surface area (Å²) in [6, 6.07) is 5.63. The Morgan fingerprint density at radius 3 is 1.62 bits per heavy atom. The smallest absolute Gasteiger partial charge is 0.368 e. The van der Waals surface area contributed by atoms with Crippen LogP contribution in [0.1, 0.15) is 92.9 Å². The highest BCUT2D eigenvalue weighted by Crippen LogP contribution is 2.42. The number of aryl methyl sites for hydroxylation is 2. The van der Waals surface area contributed by atoms with Crippen LogP contribution in [0.5, 0.6) is 11.5 Å². The number of nitrogens with zero attached hydrogens (tertiary/aromatic N) is 16. The SMILES string of the molecule is [C-]#[N+]c1cnc(Nc2cc(-n3nnn(C)c3=O)c(O)cc2F)nc1N[C@@H]1C[C@@H]2CCCN2C(C)(C)C1.[C-]#[N+]c1cnc(Nc2cc(-n3nnn(C)c3=O)c(OCC(C)(C)F)cc2F)nc1N[C@@H]1C[C@@H]2CCCN2C(C)(C)C1. The summed E-state index contributed by atoms with van der Waals surface area (Å²) in [5.74, 6) is -1.25. The molecule has 10 rings (SSSR count). The Morgan fingerprint density at radius 2 is 1.18 bits per heavy atom. The highest BCUT2D eigenvalue weighted by molar-refractivity contribution is 5.70. The lowest BCUT2D eigenvalue weighted by Crippen LogP contribution is -2.55. The Kier molecular flexibility index (Phi) is 14.7. The zero-order chi connectivity index (χ0) is 55.1. The van der Waals surface area contributed by atoms with Gasteiger partial charge in [0.25, 0.3) is 0 Å². The minimum atomic E-state index is -1.70. The van der Waals surface area contributed by atoms with E-state index in [4.69, 9.17) is 17.9 Å². The number of phenolic OH excluding ortho intramolecular Hbond substituents is 1. The van der Waals surface area contributed by atoms with Gasteiger partial charge in [0.05, 0.1) is 24.5 Å². The summed E-state index contributed by atoms with van der Waals surface area (Å²) in [4.78, 5) is 54.4. The number of piperidine rings is 2. The normalized spacial score (nSPS) is 20.7. The van der Waals surface area contributed by atoms with E-state index in [1.165, 1.54) is 65.3 Å². The second kappa shape index (κ2) is 21.1. The summed E-state index contributed by atoms with van der Waals surface area (Å²) >= 11 is 0. The van der Waals surface area contributed by atoms with E-state index in [1.54, 1.807) is 0 Å². The second-order valence-corrected chi connectivity index (χ2v) is 21.7. The van der Waals surface area contributed by atoms with Gasteiger partial charge in [-0.1, -0.05) is 0 Å². The topological polar surface area (TPSA) is 250 Å². The van der Waals surface area contributed by atoms with Gasteiger partial charge in [-0.15, -0.1) is 0 Å². The Labute approximate surface area is 441 Å². The van der Waals surface area contributed by atoms with Crippen molar-refractivity contribution in [1.82, 2.24) is 69.3 Å². The molecule has 5 N–H and O–H groups in total. The van der Waals surface area contributed by atoms with Gasteiger partial charge in [0.15, 0.2) is 11.6 Å². The van der Waals surface area contributed by atoms with Crippen molar-refractivity contribution in [2.24, 2.45) is 14.1 Å². The molecule has 4 fully saturated rings. The predicted octanol–water partition coefficient (Wildman–Crippen LogP) is 6.85. The van der Waals surface area contributed by atoms with E-state index in [9.17, 15) is 23.5 Å². The zero-order valence-electron chi connectivity index (χ0n) is 44.0. The lowest BCUT2D eigenvalue weighted by Gasteiger charge is -2.48. The Bertz CT molecular complexity index is 3390. The zero-order valence-corrected chi connectivity index (χ0v) is 44.0. The van der Waals surface area contributed by atoms with Crippen LogP contribution < -0.4 is 37.4 Å². The summed E-state index contributed by atoms with van der Waals surface area (Å²) in [5, 5.41) is 37.5. The number of hydrogen-bond acceptors (Lipinski definition) is 18. The standard InChI is InChI=1S/C27H34F2N10O2.C23H27FN10O2/c1-26(2,29)15-41-22-11-18(28)19(12-21(22)39-25(40)37(6)35-36-39)33-24-31-14-20(30-5)23(34-24)32-16-10-17-8-7-9-38(17)27(3,4)13-16;1-23(2)11-13(8-14-6-5-7-33(14)23)27-20-17(25-3)12-26-21(29-20)28-16-10-18(19(35)9-15(16)24)34-22(36)32(4)30-31-34/h11-12,14,16-17H,7-10,13,15H2,1-4,6H3,(H2,31,32,33,34);9-10,12-14,35H,5-8,11H2,1-2,4H3,(H2,26,27,28,29)/t16-,17+;13-,14+/m11/s1. The molecule has 0 bridgehead atoms. The van der Waals surface area contributed by atoms with Gasteiger partial charge in [-0.2, -0.15) is 18.7 Å². The maximum Gasteiger partial charge on any atom is 0.368 e. The van der Waals surface area contributed by atoms with Crippen molar-refractivity contribution in [3.8, 4) is 22.9 Å². The molecule has 4 saturated heterocycles. The summed E-state index contributed by atoms with van der Waals surface area (Å²) < 4.78 is 53.4. The molecule has 8 heterocycles. The molecule has 24 nitrogen and oxygen atoms in total. The lowest BCUT2D eigenvalue weighted by atomic mass is 9.84. The van der Waals surface area contributed by atoms with Crippen molar-refractivity contribution in [2.45, 2.75) is 134 Å². The van der Waals surface area contributed by atoms with Gasteiger partial charge < -0.3 is 31.1 Å². The average molecular weight is 1060 g/mol. The maximum absolute atomic E-state index is 15.3. The molecule has 4 aromatic heterocycles. The van der Waals surface area contributed by atoms with E-state index in [1.807, 2.05) is 0 Å². The van der Waals surface area contributed by atoms with E-state index in [-0.39, 0.29) is 81.5 Å². The van der Waals surface area contributed by atoms with Crippen molar-refractivity contribution in [3.63, 3.8) is 0 Å². The molecule has 4 atom stereocenters. The maximum atomic E-state index is 15.3. The fourth-order valence-corrected chi connectivity index (χ4v) is 11.0. The molecule has 0 saturated carbocycles. The van der Waals surface area contributed by atoms with Crippen molar-refractivity contribution < 1.29 is 23.0 Å². The van der Waals surface area contributed by atoms with Crippen molar-refractivity contribution in [1.29, 1.82) is 0 Å². The molecule has 6 aromatic rings. The van der Waals surface area contributed by atoms with E-state index in [0.717, 1.165) is 82.5 Å². The Hall–Kier alpha value is -8.17. The van der Waals surface area contributed by atoms with Gasteiger partial charge in [-0.3, -0.25) is 9.80 Å². The van der Waals surface area contributed by atoms with Crippen LogP contribution in [0.25, 0.3) is 21.1 Å². The van der Waals surface area contributed by atoms with Crippen LogP contribution in [0.4, 0.5) is 59.5 Å². The summed E-state index contributed by atoms with van der Waals surface area (Å²) in [7, 11) is 2.82. The molecule has 27 heteroatoms. The monoisotopic (exact) mass is 1060 g/mol. The van der Waals surface area contributed by atoms with Crippen molar-refractivity contribution in [2.75, 3.05) is 41.0 Å². The van der Waals surface area contributed by atoms with E-state index in [2.05, 4.69) is 109 Å². The van der Waals surface area contributed by atoms with Crippen LogP contribution >= 0.6 is 0 Å². The molecule has 0 amide bonds. The third-order valence-electron chi connectivity index (χ3n) is 14.5. The van der Waals surface area contributed by atoms with E-state index in [0.29, 0.717) is 23.7 Å². The van der Waals surface area contributed by atoms with Gasteiger partial charge in [0, 0.05) is 73.9 Å². The number of tetrazole rings is 2. The minimum Gasteiger partial charge on any atom is -0.506 e. The molecule has 4 aliphatic rings. The molecule has 4 aliphatic heterocycles. The van der Waals surface area contributed by atoms with Gasteiger partial charge in [-0.05, 0) is 139 Å². The number of aromatic nitrogens is 12. The highest BCUT2D eigenvalue weighted by atomic mass is 19.1. The van der Waals surface area contributed by atoms with Crippen LogP contribution in [-0.4, -0.2) is 135 Å². The van der Waals surface area contributed by atoms with E-state index < -0.39 is 34.4 Å². The molecule has 0 unspecified atom stereocenters. The highest BCUT2D eigenvalue weighted by Gasteiger charge is 2.44. The number of halogens is 3. The molecule has 0 radical (unpaired) electrons. The summed E-state index contributed by atoms with van der Waals surface area (Å²) in [6.07, 6.45) is 11.1. The van der Waals surface area contributed by atoms with Gasteiger partial charge >= 0.3 is 11.4 Å². The second-order valence-electron chi connectivity index (χ2n) is 21.7. The number of ether oxygens (including phenoxy) is 1. The number of alkyl halides is 1. The lowest BCUT2D eigenvalue weighted by molar-refractivity contribution is 0.0499. The number of anilines is 6. The summed E-state index contributed by atoms with van der Waals surface area (Å²) in [5.41, 5.74) is -2.50. The van der Waals surface area contributed by atoms with Crippen molar-refractivity contribution >= 4 is 46.3 Å². The minimum absolute atomic E-state index is 0.0165. The molecular formula is C50H61F3N20O4. The van der Waals surface area contributed by atoms with Crippen LogP contribution in [-0.2, 0) is 14.1 Å². The Balaban J connectivity index is 0.000000189. The van der Waals surface area contributed by atoms with Crippen LogP contribution in [0.15, 0.2) is 46.2 Å². The molecular weight excluding hydrogens is 1000 g/mol. The quantitative estimate of drug-likeness (QED) is 0.0586. The van der Waals surface area contributed by atoms with Crippen LogP contribution in [0.2, 0.25) is 0 Å². The van der Waals surface area contributed by atoms with Gasteiger partial charge in [0.1, 0.15) is 46.8 Å². The molecule has 406 valence electrons. The van der Waals surface area contributed by atoms with E-state index >= 15 is 4.39 Å². The molecule has 2 aromatic carbocycles. The van der Waals surface area contributed by atoms with Crippen molar-refractivity contribution in [3.05, 3.63) is 92.1 Å². The predicted molar refractivity (Wildman–Crippen MR) is 280 cm³/mol. The van der Waals surface area contributed by atoms with Gasteiger partial charge in [-0.25, -0.2) is 52.4 Å². The van der Waals surface area contributed by atoms with Crippen LogP contribution in [0.3, 0.4) is 0 Å². The third kappa shape index (κ3) is 11.5. The van der Waals surface area contributed by atoms with Gasteiger partial charge in [0.2, 0.25) is 23.3 Å².